The number of aromatic nitrogens is 1. The van der Waals surface area contributed by atoms with Gasteiger partial charge in [0.05, 0.1) is 7.11 Å². The van der Waals surface area contributed by atoms with Gasteiger partial charge in [-0.05, 0) is 24.1 Å². The Hall–Kier alpha value is -1.09. The predicted molar refractivity (Wildman–Crippen MR) is 57.3 cm³/mol. The molecule has 0 aliphatic rings. The SMILES string of the molecule is COc1cc(CNCC(C)C)ccn1. The molecule has 1 aromatic heterocycles. The van der Waals surface area contributed by atoms with Gasteiger partial charge in [-0.2, -0.15) is 0 Å². The van der Waals surface area contributed by atoms with Gasteiger partial charge in [-0.1, -0.05) is 13.8 Å². The Bertz CT molecular complexity index is 274. The second-order valence-corrected chi connectivity index (χ2v) is 3.73. The van der Waals surface area contributed by atoms with Crippen LogP contribution in [0, 0.1) is 5.92 Å². The Kier molecular flexibility index (Phi) is 4.40. The van der Waals surface area contributed by atoms with Crippen LogP contribution in [0.4, 0.5) is 0 Å². The normalized spacial score (nSPS) is 10.6. The summed E-state index contributed by atoms with van der Waals surface area (Å²) in [7, 11) is 1.63. The molecule has 1 aromatic rings. The van der Waals surface area contributed by atoms with E-state index in [2.05, 4.69) is 24.1 Å². The maximum Gasteiger partial charge on any atom is 0.213 e. The molecule has 0 spiro atoms. The molecule has 0 unspecified atom stereocenters. The molecule has 1 heterocycles. The van der Waals surface area contributed by atoms with E-state index < -0.39 is 0 Å². The van der Waals surface area contributed by atoms with Gasteiger partial charge in [0, 0.05) is 18.8 Å². The van der Waals surface area contributed by atoms with Crippen molar-refractivity contribution < 1.29 is 4.74 Å². The molecule has 3 nitrogen and oxygen atoms in total. The Labute approximate surface area is 85.5 Å². The van der Waals surface area contributed by atoms with E-state index in [0.29, 0.717) is 11.8 Å². The lowest BCUT2D eigenvalue weighted by molar-refractivity contribution is 0.397. The molecule has 14 heavy (non-hydrogen) atoms. The predicted octanol–water partition coefficient (Wildman–Crippen LogP) is 1.84. The Morgan fingerprint density at radius 2 is 2.29 bits per heavy atom. The molecule has 0 saturated carbocycles. The lowest BCUT2D eigenvalue weighted by atomic mass is 10.2. The molecule has 1 rings (SSSR count). The van der Waals surface area contributed by atoms with E-state index in [4.69, 9.17) is 4.74 Å². The standard InChI is InChI=1S/C11H18N2O/c1-9(2)7-12-8-10-4-5-13-11(6-10)14-3/h4-6,9,12H,7-8H2,1-3H3. The largest absolute Gasteiger partial charge is 0.481 e. The summed E-state index contributed by atoms with van der Waals surface area (Å²) in [5.74, 6) is 1.35. The van der Waals surface area contributed by atoms with Crippen molar-refractivity contribution in [3.05, 3.63) is 23.9 Å². The second-order valence-electron chi connectivity index (χ2n) is 3.73. The highest BCUT2D eigenvalue weighted by Crippen LogP contribution is 2.07. The number of hydrogen-bond donors (Lipinski definition) is 1. The molecular formula is C11H18N2O. The van der Waals surface area contributed by atoms with Crippen molar-refractivity contribution in [1.29, 1.82) is 0 Å². The highest BCUT2D eigenvalue weighted by molar-refractivity contribution is 5.20. The molecule has 0 bridgehead atoms. The van der Waals surface area contributed by atoms with Crippen molar-refractivity contribution in [1.82, 2.24) is 10.3 Å². The summed E-state index contributed by atoms with van der Waals surface area (Å²) >= 11 is 0. The van der Waals surface area contributed by atoms with Crippen molar-refractivity contribution in [3.63, 3.8) is 0 Å². The number of hydrogen-bond acceptors (Lipinski definition) is 3. The van der Waals surface area contributed by atoms with Gasteiger partial charge in [0.2, 0.25) is 5.88 Å². The number of pyridine rings is 1. The topological polar surface area (TPSA) is 34.1 Å². The van der Waals surface area contributed by atoms with Crippen LogP contribution in [0.1, 0.15) is 19.4 Å². The van der Waals surface area contributed by atoms with Crippen molar-refractivity contribution in [2.75, 3.05) is 13.7 Å². The summed E-state index contributed by atoms with van der Waals surface area (Å²) in [6, 6.07) is 3.95. The molecular weight excluding hydrogens is 176 g/mol. The Morgan fingerprint density at radius 3 is 2.93 bits per heavy atom. The third-order valence-electron chi connectivity index (χ3n) is 1.89. The average Bonchev–Trinajstić information content (AvgIpc) is 2.18. The highest BCUT2D eigenvalue weighted by atomic mass is 16.5. The van der Waals surface area contributed by atoms with Crippen LogP contribution < -0.4 is 10.1 Å². The van der Waals surface area contributed by atoms with Gasteiger partial charge in [-0.3, -0.25) is 0 Å². The zero-order valence-corrected chi connectivity index (χ0v) is 9.08. The van der Waals surface area contributed by atoms with Crippen LogP contribution in [0.5, 0.6) is 5.88 Å². The summed E-state index contributed by atoms with van der Waals surface area (Å²) in [5.41, 5.74) is 1.21. The first-order valence-electron chi connectivity index (χ1n) is 4.92. The van der Waals surface area contributed by atoms with Gasteiger partial charge in [0.25, 0.3) is 0 Å². The molecule has 78 valence electrons. The van der Waals surface area contributed by atoms with Gasteiger partial charge < -0.3 is 10.1 Å². The summed E-state index contributed by atoms with van der Waals surface area (Å²) in [6.45, 7) is 6.29. The van der Waals surface area contributed by atoms with Crippen molar-refractivity contribution in [2.24, 2.45) is 5.92 Å². The van der Waals surface area contributed by atoms with E-state index in [9.17, 15) is 0 Å². The summed E-state index contributed by atoms with van der Waals surface area (Å²) in [5, 5.41) is 3.37. The number of nitrogens with one attached hydrogen (secondary N) is 1. The summed E-state index contributed by atoms with van der Waals surface area (Å²) in [6.07, 6.45) is 1.77. The fraction of sp³-hybridized carbons (Fsp3) is 0.545. The van der Waals surface area contributed by atoms with E-state index in [0.717, 1.165) is 13.1 Å². The minimum Gasteiger partial charge on any atom is -0.481 e. The fourth-order valence-corrected chi connectivity index (χ4v) is 1.18. The van der Waals surface area contributed by atoms with Crippen LogP contribution in [-0.4, -0.2) is 18.6 Å². The summed E-state index contributed by atoms with van der Waals surface area (Å²) in [4.78, 5) is 4.05. The van der Waals surface area contributed by atoms with Gasteiger partial charge in [0.15, 0.2) is 0 Å². The monoisotopic (exact) mass is 194 g/mol. The third-order valence-corrected chi connectivity index (χ3v) is 1.89. The maximum absolute atomic E-state index is 5.04. The van der Waals surface area contributed by atoms with Crippen LogP contribution in [0.2, 0.25) is 0 Å². The highest BCUT2D eigenvalue weighted by Gasteiger charge is 1.97. The molecule has 0 atom stereocenters. The zero-order valence-electron chi connectivity index (χ0n) is 9.08. The maximum atomic E-state index is 5.04. The van der Waals surface area contributed by atoms with Gasteiger partial charge in [-0.15, -0.1) is 0 Å². The van der Waals surface area contributed by atoms with Crippen LogP contribution in [0.25, 0.3) is 0 Å². The zero-order chi connectivity index (χ0) is 10.4. The lowest BCUT2D eigenvalue weighted by Crippen LogP contribution is -2.18. The van der Waals surface area contributed by atoms with Gasteiger partial charge in [-0.25, -0.2) is 4.98 Å². The molecule has 1 N–H and O–H groups in total. The van der Waals surface area contributed by atoms with E-state index >= 15 is 0 Å². The van der Waals surface area contributed by atoms with Crippen LogP contribution >= 0.6 is 0 Å². The van der Waals surface area contributed by atoms with E-state index in [-0.39, 0.29) is 0 Å². The number of nitrogens with zero attached hydrogens (tertiary/aromatic N) is 1. The fourth-order valence-electron chi connectivity index (χ4n) is 1.18. The van der Waals surface area contributed by atoms with E-state index in [1.54, 1.807) is 13.3 Å². The quantitative estimate of drug-likeness (QED) is 0.776. The first kappa shape index (κ1) is 11.0. The van der Waals surface area contributed by atoms with Crippen molar-refractivity contribution >= 4 is 0 Å². The lowest BCUT2D eigenvalue weighted by Gasteiger charge is -2.07. The molecule has 0 saturated heterocycles. The number of methoxy groups -OCH3 is 1. The van der Waals surface area contributed by atoms with Crippen LogP contribution in [-0.2, 0) is 6.54 Å². The van der Waals surface area contributed by atoms with E-state index in [1.807, 2.05) is 12.1 Å². The first-order valence-corrected chi connectivity index (χ1v) is 4.92. The Balaban J connectivity index is 2.42. The smallest absolute Gasteiger partial charge is 0.213 e. The van der Waals surface area contributed by atoms with E-state index in [1.165, 1.54) is 5.56 Å². The minimum absolute atomic E-state index is 0.675. The molecule has 0 aromatic carbocycles. The molecule has 0 radical (unpaired) electrons. The number of ether oxygens (including phenoxy) is 1. The molecule has 0 fully saturated rings. The summed E-state index contributed by atoms with van der Waals surface area (Å²) < 4.78 is 5.04. The molecule has 0 aliphatic carbocycles. The second kappa shape index (κ2) is 5.60. The molecule has 3 heteroatoms. The van der Waals surface area contributed by atoms with Crippen molar-refractivity contribution in [2.45, 2.75) is 20.4 Å². The van der Waals surface area contributed by atoms with Crippen LogP contribution in [0.15, 0.2) is 18.3 Å². The van der Waals surface area contributed by atoms with Crippen molar-refractivity contribution in [3.8, 4) is 5.88 Å². The minimum atomic E-state index is 0.675. The molecule has 0 amide bonds. The van der Waals surface area contributed by atoms with Crippen LogP contribution in [0.3, 0.4) is 0 Å². The third kappa shape index (κ3) is 3.75. The molecule has 0 aliphatic heterocycles. The van der Waals surface area contributed by atoms with Gasteiger partial charge >= 0.3 is 0 Å². The average molecular weight is 194 g/mol. The Morgan fingerprint density at radius 1 is 1.50 bits per heavy atom. The van der Waals surface area contributed by atoms with Gasteiger partial charge in [0.1, 0.15) is 0 Å². The number of rotatable bonds is 5. The first-order chi connectivity index (χ1) is 6.72.